The standard InChI is InChI=1S/C15H20N6O2/c1-10(15-18-11(2)19-23-15)20-5-7-21(8-6-20)13-3-4-17-9-12(13)14(16)22/h3-4,9-10H,5-8H2,1-2H3,(H2,16,22). The van der Waals surface area contributed by atoms with Crippen LogP contribution >= 0.6 is 0 Å². The number of piperazine rings is 1. The summed E-state index contributed by atoms with van der Waals surface area (Å²) in [4.78, 5) is 24.3. The van der Waals surface area contributed by atoms with E-state index in [-0.39, 0.29) is 6.04 Å². The Morgan fingerprint density at radius 1 is 1.35 bits per heavy atom. The summed E-state index contributed by atoms with van der Waals surface area (Å²) < 4.78 is 5.26. The predicted octanol–water partition coefficient (Wildman–Crippen LogP) is 0.755. The van der Waals surface area contributed by atoms with Gasteiger partial charge in [-0.15, -0.1) is 0 Å². The second kappa shape index (κ2) is 6.33. The van der Waals surface area contributed by atoms with E-state index in [1.54, 1.807) is 6.20 Å². The molecule has 0 aliphatic carbocycles. The van der Waals surface area contributed by atoms with E-state index in [0.717, 1.165) is 31.9 Å². The van der Waals surface area contributed by atoms with Gasteiger partial charge in [-0.2, -0.15) is 4.98 Å². The van der Waals surface area contributed by atoms with Crippen molar-refractivity contribution >= 4 is 11.6 Å². The summed E-state index contributed by atoms with van der Waals surface area (Å²) in [5.74, 6) is 0.830. The van der Waals surface area contributed by atoms with Crippen molar-refractivity contribution in [2.45, 2.75) is 19.9 Å². The Kier molecular flexibility index (Phi) is 4.24. The van der Waals surface area contributed by atoms with E-state index in [1.165, 1.54) is 6.20 Å². The molecule has 122 valence electrons. The molecule has 1 amide bonds. The van der Waals surface area contributed by atoms with Crippen LogP contribution in [0.4, 0.5) is 5.69 Å². The van der Waals surface area contributed by atoms with Crippen LogP contribution in [0.2, 0.25) is 0 Å². The third-order valence-electron chi connectivity index (χ3n) is 4.17. The molecule has 0 saturated carbocycles. The maximum atomic E-state index is 11.5. The van der Waals surface area contributed by atoms with Crippen LogP contribution in [0, 0.1) is 6.92 Å². The van der Waals surface area contributed by atoms with Crippen LogP contribution in [-0.4, -0.2) is 52.1 Å². The zero-order chi connectivity index (χ0) is 16.4. The Morgan fingerprint density at radius 3 is 2.70 bits per heavy atom. The van der Waals surface area contributed by atoms with Gasteiger partial charge in [-0.3, -0.25) is 14.7 Å². The lowest BCUT2D eigenvalue weighted by molar-refractivity contribution is 0.1000. The summed E-state index contributed by atoms with van der Waals surface area (Å²) in [6, 6.07) is 1.91. The molecule has 1 aliphatic rings. The van der Waals surface area contributed by atoms with Crippen LogP contribution in [0.3, 0.4) is 0 Å². The van der Waals surface area contributed by atoms with Crippen molar-refractivity contribution in [1.29, 1.82) is 0 Å². The average molecular weight is 316 g/mol. The Bertz CT molecular complexity index is 693. The molecule has 1 atom stereocenters. The van der Waals surface area contributed by atoms with Crippen LogP contribution < -0.4 is 10.6 Å². The Labute approximate surface area is 134 Å². The minimum absolute atomic E-state index is 0.0754. The minimum Gasteiger partial charge on any atom is -0.368 e. The van der Waals surface area contributed by atoms with Crippen molar-refractivity contribution in [3.05, 3.63) is 35.7 Å². The molecule has 8 nitrogen and oxygen atoms in total. The van der Waals surface area contributed by atoms with Crippen molar-refractivity contribution in [2.24, 2.45) is 5.73 Å². The topological polar surface area (TPSA) is 101 Å². The quantitative estimate of drug-likeness (QED) is 0.888. The molecule has 0 bridgehead atoms. The molecule has 23 heavy (non-hydrogen) atoms. The van der Waals surface area contributed by atoms with Crippen LogP contribution in [0.25, 0.3) is 0 Å². The number of anilines is 1. The highest BCUT2D eigenvalue weighted by atomic mass is 16.5. The molecule has 0 aromatic carbocycles. The second-order valence-electron chi connectivity index (χ2n) is 5.64. The van der Waals surface area contributed by atoms with Crippen molar-refractivity contribution in [1.82, 2.24) is 20.0 Å². The number of primary amides is 1. The maximum absolute atomic E-state index is 11.5. The first-order chi connectivity index (χ1) is 11.1. The maximum Gasteiger partial charge on any atom is 0.252 e. The van der Waals surface area contributed by atoms with E-state index >= 15 is 0 Å². The van der Waals surface area contributed by atoms with Gasteiger partial charge in [0, 0.05) is 38.6 Å². The van der Waals surface area contributed by atoms with E-state index in [0.29, 0.717) is 17.3 Å². The smallest absolute Gasteiger partial charge is 0.252 e. The third kappa shape index (κ3) is 3.16. The fourth-order valence-corrected chi connectivity index (χ4v) is 2.84. The monoisotopic (exact) mass is 316 g/mol. The molecule has 0 spiro atoms. The van der Waals surface area contributed by atoms with Gasteiger partial charge in [0.15, 0.2) is 5.82 Å². The van der Waals surface area contributed by atoms with Crippen molar-refractivity contribution < 1.29 is 9.32 Å². The van der Waals surface area contributed by atoms with Crippen molar-refractivity contribution in [3.63, 3.8) is 0 Å². The fraction of sp³-hybridized carbons (Fsp3) is 0.467. The van der Waals surface area contributed by atoms with Gasteiger partial charge < -0.3 is 15.2 Å². The van der Waals surface area contributed by atoms with E-state index in [2.05, 4.69) is 31.8 Å². The minimum atomic E-state index is -0.453. The number of rotatable bonds is 4. The van der Waals surface area contributed by atoms with Crippen LogP contribution in [-0.2, 0) is 0 Å². The molecule has 3 heterocycles. The first kappa shape index (κ1) is 15.4. The molecular weight excluding hydrogens is 296 g/mol. The fourth-order valence-electron chi connectivity index (χ4n) is 2.84. The second-order valence-corrected chi connectivity index (χ2v) is 5.64. The van der Waals surface area contributed by atoms with Gasteiger partial charge in [-0.05, 0) is 19.9 Å². The van der Waals surface area contributed by atoms with E-state index in [9.17, 15) is 4.79 Å². The summed E-state index contributed by atoms with van der Waals surface area (Å²) in [7, 11) is 0. The molecular formula is C15H20N6O2. The largest absolute Gasteiger partial charge is 0.368 e. The van der Waals surface area contributed by atoms with Crippen LogP contribution in [0.15, 0.2) is 23.0 Å². The predicted molar refractivity (Wildman–Crippen MR) is 84.0 cm³/mol. The SMILES string of the molecule is Cc1noc(C(C)N2CCN(c3ccncc3C(N)=O)CC2)n1. The van der Waals surface area contributed by atoms with Crippen LogP contribution in [0.1, 0.15) is 35.0 Å². The number of hydrogen-bond acceptors (Lipinski definition) is 7. The van der Waals surface area contributed by atoms with Crippen molar-refractivity contribution in [3.8, 4) is 0 Å². The number of aromatic nitrogens is 3. The normalized spacial score (nSPS) is 17.2. The number of hydrogen-bond donors (Lipinski definition) is 1. The van der Waals surface area contributed by atoms with Gasteiger partial charge in [-0.25, -0.2) is 0 Å². The van der Waals surface area contributed by atoms with Gasteiger partial charge in [-0.1, -0.05) is 5.16 Å². The molecule has 1 saturated heterocycles. The van der Waals surface area contributed by atoms with Gasteiger partial charge in [0.2, 0.25) is 5.89 Å². The molecule has 2 aromatic rings. The molecule has 3 rings (SSSR count). The number of carbonyl (C=O) groups excluding carboxylic acids is 1. The summed E-state index contributed by atoms with van der Waals surface area (Å²) in [5, 5.41) is 3.84. The Morgan fingerprint density at radius 2 is 2.09 bits per heavy atom. The Balaban J connectivity index is 1.68. The highest BCUT2D eigenvalue weighted by molar-refractivity contribution is 5.98. The number of amides is 1. The number of pyridine rings is 1. The first-order valence-electron chi connectivity index (χ1n) is 7.59. The third-order valence-corrected chi connectivity index (χ3v) is 4.17. The average Bonchev–Trinajstić information content (AvgIpc) is 3.01. The first-order valence-corrected chi connectivity index (χ1v) is 7.59. The zero-order valence-corrected chi connectivity index (χ0v) is 13.3. The van der Waals surface area contributed by atoms with Gasteiger partial charge in [0.25, 0.3) is 5.91 Å². The number of aryl methyl sites for hydroxylation is 1. The highest BCUT2D eigenvalue weighted by Gasteiger charge is 2.26. The van der Waals surface area contributed by atoms with Gasteiger partial charge in [0.1, 0.15) is 0 Å². The molecule has 1 unspecified atom stereocenters. The van der Waals surface area contributed by atoms with Gasteiger partial charge in [0.05, 0.1) is 17.3 Å². The van der Waals surface area contributed by atoms with Gasteiger partial charge >= 0.3 is 0 Å². The van der Waals surface area contributed by atoms with Crippen molar-refractivity contribution in [2.75, 3.05) is 31.1 Å². The number of nitrogens with two attached hydrogens (primary N) is 1. The molecule has 2 N–H and O–H groups in total. The zero-order valence-electron chi connectivity index (χ0n) is 13.3. The highest BCUT2D eigenvalue weighted by Crippen LogP contribution is 2.24. The van der Waals surface area contributed by atoms with E-state index < -0.39 is 5.91 Å². The van der Waals surface area contributed by atoms with E-state index in [4.69, 9.17) is 10.3 Å². The molecule has 0 radical (unpaired) electrons. The lowest BCUT2D eigenvalue weighted by Crippen LogP contribution is -2.47. The summed E-state index contributed by atoms with van der Waals surface area (Å²) in [5.41, 5.74) is 6.73. The number of carbonyl (C=O) groups is 1. The number of nitrogens with zero attached hydrogens (tertiary/aromatic N) is 5. The van der Waals surface area contributed by atoms with Crippen LogP contribution in [0.5, 0.6) is 0 Å². The molecule has 8 heteroatoms. The van der Waals surface area contributed by atoms with E-state index in [1.807, 2.05) is 13.0 Å². The lowest BCUT2D eigenvalue weighted by atomic mass is 10.1. The Hall–Kier alpha value is -2.48. The summed E-state index contributed by atoms with van der Waals surface area (Å²) >= 11 is 0. The lowest BCUT2D eigenvalue weighted by Gasteiger charge is -2.38. The summed E-state index contributed by atoms with van der Waals surface area (Å²) in [6.07, 6.45) is 3.20. The summed E-state index contributed by atoms with van der Waals surface area (Å²) in [6.45, 7) is 7.13. The molecule has 2 aromatic heterocycles. The molecule has 1 aliphatic heterocycles. The molecule has 1 fully saturated rings.